The molecule has 0 bridgehead atoms. The minimum absolute atomic E-state index is 0.0142. The van der Waals surface area contributed by atoms with Crippen LogP contribution < -0.4 is 10.6 Å². The number of likely N-dealkylation sites (N-methyl/N-ethyl adjacent to an activating group) is 1. The molecule has 0 aliphatic carbocycles. The van der Waals surface area contributed by atoms with Gasteiger partial charge in [-0.15, -0.1) is 0 Å². The summed E-state index contributed by atoms with van der Waals surface area (Å²) in [5.74, 6) is -0.557. The molecule has 0 spiro atoms. The quantitative estimate of drug-likeness (QED) is 0.0540. The number of likely N-dealkylation sites (tertiary alicyclic amines) is 2. The molecule has 0 radical (unpaired) electrons. The Morgan fingerprint density at radius 2 is 1.05 bits per heavy atom. The Kier molecular flexibility index (Phi) is 22.9. The number of benzene rings is 4. The van der Waals surface area contributed by atoms with E-state index < -0.39 is 22.8 Å². The van der Waals surface area contributed by atoms with Crippen molar-refractivity contribution in [3.05, 3.63) is 96.1 Å². The van der Waals surface area contributed by atoms with Crippen LogP contribution in [0.3, 0.4) is 0 Å². The van der Waals surface area contributed by atoms with Crippen LogP contribution in [0.5, 0.6) is 0 Å². The van der Waals surface area contributed by atoms with Crippen molar-refractivity contribution in [2.24, 2.45) is 22.7 Å². The highest BCUT2D eigenvalue weighted by atomic mass is 16.2. The number of rotatable bonds is 28. The Morgan fingerprint density at radius 1 is 0.603 bits per heavy atom. The third-order valence-corrected chi connectivity index (χ3v) is 17.1. The maximum atomic E-state index is 14.4. The van der Waals surface area contributed by atoms with Gasteiger partial charge in [0.2, 0.25) is 29.5 Å². The average molecular weight is 1070 g/mol. The van der Waals surface area contributed by atoms with Gasteiger partial charge < -0.3 is 30.2 Å². The number of nitrogens with one attached hydrogen (secondary N) is 2. The van der Waals surface area contributed by atoms with Crippen molar-refractivity contribution in [2.75, 3.05) is 46.3 Å². The fourth-order valence-electron chi connectivity index (χ4n) is 11.7. The Morgan fingerprint density at radius 3 is 1.50 bits per heavy atom. The molecule has 6 rings (SSSR count). The molecule has 426 valence electrons. The maximum Gasteiger partial charge on any atom is 0.246 e. The molecule has 2 aliphatic rings. The summed E-state index contributed by atoms with van der Waals surface area (Å²) in [6.45, 7) is 21.1. The molecule has 78 heavy (non-hydrogen) atoms. The summed E-state index contributed by atoms with van der Waals surface area (Å²) >= 11 is 0. The van der Waals surface area contributed by atoms with Gasteiger partial charge in [-0.25, -0.2) is 0 Å². The number of unbranched alkanes of at least 4 members (excludes halogenated alkanes) is 5. The molecular formula is C66H96N6O6. The largest absolute Gasteiger partial charge is 0.344 e. The Hall–Kier alpha value is -5.62. The summed E-state index contributed by atoms with van der Waals surface area (Å²) in [6, 6.07) is 28.2. The monoisotopic (exact) mass is 1070 g/mol. The number of amides is 5. The van der Waals surface area contributed by atoms with Gasteiger partial charge in [0.1, 0.15) is 11.8 Å². The van der Waals surface area contributed by atoms with E-state index in [1.807, 2.05) is 94.0 Å². The predicted octanol–water partition coefficient (Wildman–Crippen LogP) is 11.3. The van der Waals surface area contributed by atoms with Crippen molar-refractivity contribution in [2.45, 2.75) is 189 Å². The van der Waals surface area contributed by atoms with E-state index in [9.17, 15) is 28.8 Å². The molecule has 2 aliphatic heterocycles. The van der Waals surface area contributed by atoms with Gasteiger partial charge in [-0.1, -0.05) is 166 Å². The zero-order valence-corrected chi connectivity index (χ0v) is 49.3. The SMILES string of the molecule is CC[C@@H](C)C(=O)N[C@H](C(=O)N1CCC[C@H]1CN(CCc1cccc2ccccc12)C(=O)CCCCCCCCC(=O)N(CCc1cccc2ccccc12)C[C@@H]1CCCN1C(=O)[C@@H](CC(=O)[C@H](C)NC)C(C)(C)C)C(C)(C)C. The Bertz CT molecular complexity index is 2450. The average Bonchev–Trinajstić information content (AvgIpc) is 4.16. The normalized spacial score (nSPS) is 17.5. The second-order valence-electron chi connectivity index (χ2n) is 24.9. The summed E-state index contributed by atoms with van der Waals surface area (Å²) in [5, 5.41) is 10.9. The molecule has 12 heteroatoms. The van der Waals surface area contributed by atoms with Crippen LogP contribution in [0.15, 0.2) is 84.9 Å². The van der Waals surface area contributed by atoms with E-state index in [1.54, 1.807) is 7.05 Å². The highest BCUT2D eigenvalue weighted by Crippen LogP contribution is 2.34. The molecule has 4 aromatic carbocycles. The molecule has 2 N–H and O–H groups in total. The third-order valence-electron chi connectivity index (χ3n) is 17.1. The van der Waals surface area contributed by atoms with E-state index in [0.717, 1.165) is 64.2 Å². The van der Waals surface area contributed by atoms with Crippen molar-refractivity contribution in [3.63, 3.8) is 0 Å². The van der Waals surface area contributed by atoms with Crippen LogP contribution in [-0.4, -0.2) is 125 Å². The first-order valence-corrected chi connectivity index (χ1v) is 29.8. The molecule has 0 unspecified atom stereocenters. The zero-order chi connectivity index (χ0) is 56.6. The zero-order valence-electron chi connectivity index (χ0n) is 49.3. The molecule has 5 amide bonds. The molecular weight excluding hydrogens is 973 g/mol. The van der Waals surface area contributed by atoms with Crippen molar-refractivity contribution in [1.82, 2.24) is 30.2 Å². The predicted molar refractivity (Wildman–Crippen MR) is 317 cm³/mol. The van der Waals surface area contributed by atoms with Gasteiger partial charge in [0.05, 0.1) is 6.04 Å². The van der Waals surface area contributed by atoms with Gasteiger partial charge in [0, 0.05) is 82.5 Å². The number of nitrogens with zero attached hydrogens (tertiary/aromatic N) is 4. The number of hydrogen-bond acceptors (Lipinski definition) is 7. The standard InChI is InChI=1S/C66H96N6O6/c1-11-47(2)62(76)68-61(66(7,8)9)64(78)72-41-25-33-54(72)46-70(43-39-52-31-23-29-50-27-19-21-35-56(50)52)60(75)37-17-15-13-12-14-16-36-59(74)69(42-38-51-30-22-28-49-26-18-20-34-55(49)51)45-53-32-24-40-71(53)63(77)57(65(4,5)6)44-58(73)48(3)67-10/h18-23,26-31,34-35,47-48,53-54,57,61,67H,11-17,24-25,32-33,36-46H2,1-10H3,(H,68,76)/t47-,48+,53+,54+,57-,61-/m1/s1. The highest BCUT2D eigenvalue weighted by Gasteiger charge is 2.42. The van der Waals surface area contributed by atoms with E-state index in [0.29, 0.717) is 71.4 Å². The van der Waals surface area contributed by atoms with Crippen molar-refractivity contribution < 1.29 is 28.8 Å². The van der Waals surface area contributed by atoms with E-state index in [4.69, 9.17) is 0 Å². The minimum Gasteiger partial charge on any atom is -0.344 e. The lowest BCUT2D eigenvalue weighted by Gasteiger charge is -2.37. The second-order valence-corrected chi connectivity index (χ2v) is 24.9. The fourth-order valence-corrected chi connectivity index (χ4v) is 11.7. The molecule has 4 aromatic rings. The maximum absolute atomic E-state index is 14.4. The molecule has 2 saturated heterocycles. The highest BCUT2D eigenvalue weighted by molar-refractivity contribution is 5.91. The second kappa shape index (κ2) is 29.0. The lowest BCUT2D eigenvalue weighted by atomic mass is 9.76. The Balaban J connectivity index is 1.06. The van der Waals surface area contributed by atoms with Gasteiger partial charge >= 0.3 is 0 Å². The van der Waals surface area contributed by atoms with Gasteiger partial charge in [-0.3, -0.25) is 28.8 Å². The van der Waals surface area contributed by atoms with E-state index in [2.05, 4.69) is 83.4 Å². The number of Topliss-reactive ketones (excluding diaryl/α,β-unsaturated/α-hetero) is 1. The number of carbonyl (C=O) groups excluding carboxylic acids is 6. The lowest BCUT2D eigenvalue weighted by molar-refractivity contribution is -0.144. The van der Waals surface area contributed by atoms with Crippen LogP contribution in [0, 0.1) is 22.7 Å². The number of fused-ring (bicyclic) bond motifs is 2. The van der Waals surface area contributed by atoms with Crippen LogP contribution in [0.1, 0.15) is 163 Å². The van der Waals surface area contributed by atoms with Crippen LogP contribution >= 0.6 is 0 Å². The topological polar surface area (TPSA) is 139 Å². The summed E-state index contributed by atoms with van der Waals surface area (Å²) in [6.07, 6.45) is 11.8. The van der Waals surface area contributed by atoms with E-state index in [-0.39, 0.29) is 65.8 Å². The van der Waals surface area contributed by atoms with Gasteiger partial charge in [-0.2, -0.15) is 0 Å². The van der Waals surface area contributed by atoms with E-state index in [1.165, 1.54) is 32.7 Å². The Labute approximate surface area is 468 Å². The summed E-state index contributed by atoms with van der Waals surface area (Å²) in [5.41, 5.74) is 1.50. The molecule has 6 atom stereocenters. The van der Waals surface area contributed by atoms with Crippen LogP contribution in [0.25, 0.3) is 21.5 Å². The van der Waals surface area contributed by atoms with Gasteiger partial charge in [0.25, 0.3) is 0 Å². The van der Waals surface area contributed by atoms with Crippen LogP contribution in [0.2, 0.25) is 0 Å². The van der Waals surface area contributed by atoms with E-state index >= 15 is 0 Å². The molecule has 2 fully saturated rings. The number of hydrogen-bond donors (Lipinski definition) is 2. The summed E-state index contributed by atoms with van der Waals surface area (Å²) in [4.78, 5) is 91.8. The first kappa shape index (κ1) is 61.6. The van der Waals surface area contributed by atoms with Crippen molar-refractivity contribution >= 4 is 56.9 Å². The summed E-state index contributed by atoms with van der Waals surface area (Å²) < 4.78 is 0. The first-order chi connectivity index (χ1) is 37.2. The molecule has 2 heterocycles. The third kappa shape index (κ3) is 16.9. The molecule has 12 nitrogen and oxygen atoms in total. The van der Waals surface area contributed by atoms with Crippen LogP contribution in [0.4, 0.5) is 0 Å². The summed E-state index contributed by atoms with van der Waals surface area (Å²) in [7, 11) is 1.77. The fraction of sp³-hybridized carbons (Fsp3) is 0.606. The smallest absolute Gasteiger partial charge is 0.246 e. The number of carbonyl (C=O) groups is 6. The molecule has 0 aromatic heterocycles. The van der Waals surface area contributed by atoms with Crippen molar-refractivity contribution in [3.8, 4) is 0 Å². The minimum atomic E-state index is -0.666. The number of ketones is 1. The lowest BCUT2D eigenvalue weighted by Crippen LogP contribution is -2.57. The molecule has 0 saturated carbocycles. The van der Waals surface area contributed by atoms with Gasteiger partial charge in [-0.05, 0) is 115 Å². The van der Waals surface area contributed by atoms with Crippen molar-refractivity contribution in [1.29, 1.82) is 0 Å². The van der Waals surface area contributed by atoms with Gasteiger partial charge in [0.15, 0.2) is 0 Å². The first-order valence-electron chi connectivity index (χ1n) is 29.8. The van der Waals surface area contributed by atoms with Crippen LogP contribution in [-0.2, 0) is 41.6 Å².